The molecule has 4 rings (SSSR count). The number of halogens is 2. The normalized spacial score (nSPS) is 11.6. The summed E-state index contributed by atoms with van der Waals surface area (Å²) in [5, 5.41) is 7.00. The van der Waals surface area contributed by atoms with Gasteiger partial charge in [0.05, 0.1) is 23.1 Å². The Balaban J connectivity index is 1.34. The van der Waals surface area contributed by atoms with Gasteiger partial charge in [-0.15, -0.1) is 0 Å². The highest BCUT2D eigenvalue weighted by atomic mass is 79.9. The third-order valence-electron chi connectivity index (χ3n) is 5.60. The van der Waals surface area contributed by atoms with Crippen molar-refractivity contribution in [2.75, 3.05) is 0 Å². The molecule has 6 nitrogen and oxygen atoms in total. The average molecular weight is 574 g/mol. The highest BCUT2D eigenvalue weighted by Crippen LogP contribution is 2.26. The molecule has 8 heteroatoms. The van der Waals surface area contributed by atoms with Crippen molar-refractivity contribution in [3.05, 3.63) is 136 Å². The summed E-state index contributed by atoms with van der Waals surface area (Å²) in [7, 11) is 0. The number of benzene rings is 4. The number of nitrogens with one attached hydrogen (secondary N) is 2. The van der Waals surface area contributed by atoms with Crippen molar-refractivity contribution in [3.63, 3.8) is 0 Å². The van der Waals surface area contributed by atoms with Crippen molar-refractivity contribution in [3.8, 4) is 5.75 Å². The molecule has 0 spiro atoms. The van der Waals surface area contributed by atoms with Crippen LogP contribution in [0.2, 0.25) is 0 Å². The Morgan fingerprint density at radius 1 is 0.921 bits per heavy atom. The first-order valence-corrected chi connectivity index (χ1v) is 12.7. The summed E-state index contributed by atoms with van der Waals surface area (Å²) >= 11 is 3.48. The highest BCUT2D eigenvalue weighted by Gasteiger charge is 2.19. The van der Waals surface area contributed by atoms with Gasteiger partial charge in [-0.05, 0) is 75.1 Å². The molecule has 0 heterocycles. The zero-order valence-corrected chi connectivity index (χ0v) is 21.9. The van der Waals surface area contributed by atoms with Gasteiger partial charge in [0, 0.05) is 5.56 Å². The fourth-order valence-corrected chi connectivity index (χ4v) is 4.15. The molecule has 0 aliphatic heterocycles. The van der Waals surface area contributed by atoms with Gasteiger partial charge in [0.1, 0.15) is 18.2 Å². The SMILES string of the molecule is O=C(C[C@@H](NC(=O)c1ccccc1)c1ccccc1)N/N=C\c1ccc(OCc2ccc(F)cc2)c(Br)c1. The minimum absolute atomic E-state index is 0.0137. The summed E-state index contributed by atoms with van der Waals surface area (Å²) in [6.45, 7) is 0.297. The molecule has 0 saturated carbocycles. The zero-order chi connectivity index (χ0) is 26.7. The monoisotopic (exact) mass is 573 g/mol. The van der Waals surface area contributed by atoms with Crippen LogP contribution in [0.4, 0.5) is 4.39 Å². The first-order valence-electron chi connectivity index (χ1n) is 11.9. The molecule has 0 unspecified atom stereocenters. The summed E-state index contributed by atoms with van der Waals surface area (Å²) in [6, 6.07) is 29.2. The topological polar surface area (TPSA) is 79.8 Å². The summed E-state index contributed by atoms with van der Waals surface area (Å²) < 4.78 is 19.6. The van der Waals surface area contributed by atoms with E-state index >= 15 is 0 Å². The van der Waals surface area contributed by atoms with Crippen LogP contribution in [0.3, 0.4) is 0 Å². The van der Waals surface area contributed by atoms with E-state index in [2.05, 4.69) is 31.8 Å². The smallest absolute Gasteiger partial charge is 0.251 e. The first-order chi connectivity index (χ1) is 18.5. The largest absolute Gasteiger partial charge is 0.488 e. The minimum Gasteiger partial charge on any atom is -0.488 e. The molecule has 0 fully saturated rings. The number of rotatable bonds is 10. The van der Waals surface area contributed by atoms with Crippen molar-refractivity contribution in [1.82, 2.24) is 10.7 Å². The predicted octanol–water partition coefficient (Wildman–Crippen LogP) is 6.18. The van der Waals surface area contributed by atoms with Crippen LogP contribution >= 0.6 is 15.9 Å². The third-order valence-corrected chi connectivity index (χ3v) is 6.22. The van der Waals surface area contributed by atoms with Gasteiger partial charge in [-0.3, -0.25) is 9.59 Å². The van der Waals surface area contributed by atoms with Gasteiger partial charge in [-0.25, -0.2) is 9.82 Å². The van der Waals surface area contributed by atoms with Gasteiger partial charge in [0.15, 0.2) is 0 Å². The maximum Gasteiger partial charge on any atom is 0.251 e. The molecule has 4 aromatic rings. The van der Waals surface area contributed by atoms with Crippen LogP contribution in [0.1, 0.15) is 39.5 Å². The van der Waals surface area contributed by atoms with Crippen LogP contribution in [0.25, 0.3) is 0 Å². The second-order valence-corrected chi connectivity index (χ2v) is 9.26. The van der Waals surface area contributed by atoms with Gasteiger partial charge in [0.2, 0.25) is 5.91 Å². The Kier molecular flexibility index (Phi) is 9.37. The fraction of sp³-hybridized carbons (Fsp3) is 0.100. The molecule has 2 amide bonds. The van der Waals surface area contributed by atoms with E-state index in [4.69, 9.17) is 4.74 Å². The van der Waals surface area contributed by atoms with E-state index in [0.29, 0.717) is 22.4 Å². The number of carbonyl (C=O) groups excluding carboxylic acids is 2. The number of hydrazone groups is 1. The van der Waals surface area contributed by atoms with Gasteiger partial charge >= 0.3 is 0 Å². The molecule has 0 aromatic heterocycles. The lowest BCUT2D eigenvalue weighted by molar-refractivity contribution is -0.121. The predicted molar refractivity (Wildman–Crippen MR) is 148 cm³/mol. The zero-order valence-electron chi connectivity index (χ0n) is 20.3. The fourth-order valence-electron chi connectivity index (χ4n) is 3.63. The molecule has 192 valence electrons. The lowest BCUT2D eigenvalue weighted by atomic mass is 10.0. The van der Waals surface area contributed by atoms with Crippen molar-refractivity contribution in [2.45, 2.75) is 19.1 Å². The minimum atomic E-state index is -0.522. The van der Waals surface area contributed by atoms with Crippen molar-refractivity contribution >= 4 is 34.0 Å². The average Bonchev–Trinajstić information content (AvgIpc) is 2.94. The standard InChI is InChI=1S/C30H25BrFN3O3/c31-26-17-22(13-16-28(26)38-20-21-11-14-25(32)15-12-21)19-33-35-29(36)18-27(23-7-3-1-4-8-23)34-30(37)24-9-5-2-6-10-24/h1-17,19,27H,18,20H2,(H,34,37)(H,35,36)/b33-19-/t27-/m1/s1. The molecule has 0 radical (unpaired) electrons. The first kappa shape index (κ1) is 26.8. The van der Waals surface area contributed by atoms with Crippen LogP contribution in [0.15, 0.2) is 113 Å². The lowest BCUT2D eigenvalue weighted by Crippen LogP contribution is -2.32. The van der Waals surface area contributed by atoms with Gasteiger partial charge in [-0.2, -0.15) is 5.10 Å². The van der Waals surface area contributed by atoms with E-state index < -0.39 is 6.04 Å². The maximum atomic E-state index is 13.1. The summed E-state index contributed by atoms with van der Waals surface area (Å²) in [5.74, 6) is -0.280. The molecular formula is C30H25BrFN3O3. The molecule has 4 aromatic carbocycles. The number of amides is 2. The Bertz CT molecular complexity index is 1400. The van der Waals surface area contributed by atoms with Crippen molar-refractivity contribution < 1.29 is 18.7 Å². The molecule has 0 aliphatic rings. The molecule has 2 N–H and O–H groups in total. The van der Waals surface area contributed by atoms with E-state index in [0.717, 1.165) is 16.7 Å². The van der Waals surface area contributed by atoms with E-state index in [1.165, 1.54) is 18.3 Å². The van der Waals surface area contributed by atoms with E-state index in [-0.39, 0.29) is 24.1 Å². The van der Waals surface area contributed by atoms with Crippen molar-refractivity contribution in [1.29, 1.82) is 0 Å². The van der Waals surface area contributed by atoms with E-state index in [1.54, 1.807) is 48.5 Å². The van der Waals surface area contributed by atoms with Crippen LogP contribution in [-0.4, -0.2) is 18.0 Å². The highest BCUT2D eigenvalue weighted by molar-refractivity contribution is 9.10. The maximum absolute atomic E-state index is 13.1. The number of hydrogen-bond donors (Lipinski definition) is 2. The van der Waals surface area contributed by atoms with Crippen LogP contribution < -0.4 is 15.5 Å². The Morgan fingerprint density at radius 3 is 2.29 bits per heavy atom. The lowest BCUT2D eigenvalue weighted by Gasteiger charge is -2.18. The van der Waals surface area contributed by atoms with Crippen molar-refractivity contribution in [2.24, 2.45) is 5.10 Å². The van der Waals surface area contributed by atoms with Gasteiger partial charge in [-0.1, -0.05) is 60.7 Å². The number of carbonyl (C=O) groups is 2. The molecule has 38 heavy (non-hydrogen) atoms. The molecule has 0 aliphatic carbocycles. The Morgan fingerprint density at radius 2 is 1.61 bits per heavy atom. The molecular weight excluding hydrogens is 549 g/mol. The van der Waals surface area contributed by atoms with Gasteiger partial charge < -0.3 is 10.1 Å². The van der Waals surface area contributed by atoms with Crippen LogP contribution in [0, 0.1) is 5.82 Å². The van der Waals surface area contributed by atoms with Crippen LogP contribution in [-0.2, 0) is 11.4 Å². The summed E-state index contributed by atoms with van der Waals surface area (Å²) in [5.41, 5.74) is 5.45. The second-order valence-electron chi connectivity index (χ2n) is 8.41. The number of ether oxygens (including phenoxy) is 1. The molecule has 0 bridgehead atoms. The quantitative estimate of drug-likeness (QED) is 0.176. The summed E-state index contributed by atoms with van der Waals surface area (Å²) in [4.78, 5) is 25.4. The second kappa shape index (κ2) is 13.3. The van der Waals surface area contributed by atoms with E-state index in [9.17, 15) is 14.0 Å². The molecule has 1 atom stereocenters. The Hall–Kier alpha value is -4.30. The third kappa shape index (κ3) is 7.85. The van der Waals surface area contributed by atoms with Crippen LogP contribution in [0.5, 0.6) is 5.75 Å². The van der Waals surface area contributed by atoms with E-state index in [1.807, 2.05) is 42.5 Å². The van der Waals surface area contributed by atoms with Gasteiger partial charge in [0.25, 0.3) is 5.91 Å². The number of hydrogen-bond acceptors (Lipinski definition) is 4. The number of nitrogens with zero attached hydrogens (tertiary/aromatic N) is 1. The molecule has 0 saturated heterocycles. The Labute approximate surface area is 228 Å². The summed E-state index contributed by atoms with van der Waals surface area (Å²) in [6.07, 6.45) is 1.53.